The monoisotopic (exact) mass is 351 g/mol. The Morgan fingerprint density at radius 2 is 1.67 bits per heavy atom. The highest BCUT2D eigenvalue weighted by Gasteiger charge is 2.15. The second-order valence-electron chi connectivity index (χ2n) is 5.45. The van der Waals surface area contributed by atoms with Gasteiger partial charge in [0.2, 0.25) is 0 Å². The predicted octanol–water partition coefficient (Wildman–Crippen LogP) is 3.65. The Hall–Kier alpha value is -2.15. The van der Waals surface area contributed by atoms with Crippen molar-refractivity contribution in [2.75, 3.05) is 22.7 Å². The number of pyridine rings is 1. The Balaban J connectivity index is 2.14. The maximum Gasteiger partial charge on any atom is 0.263 e. The van der Waals surface area contributed by atoms with Crippen molar-refractivity contribution in [1.29, 1.82) is 0 Å². The molecule has 0 radical (unpaired) electrons. The molecular weight excluding hydrogens is 329 g/mol. The third-order valence-electron chi connectivity index (χ3n) is 3.46. The molecule has 1 aromatic heterocycles. The molecule has 0 aliphatic rings. The summed E-state index contributed by atoms with van der Waals surface area (Å²) in [5, 5.41) is 0. The van der Waals surface area contributed by atoms with E-state index in [9.17, 15) is 12.8 Å². The number of sulfonamides is 1. The standard InChI is InChI=1S/C17H22FN3O2S/c1-3-11-21(12-4-2)15-7-10-17(19-13-15)20-24(22,23)16-8-5-14(18)6-9-16/h5-10,13H,3-4,11-12H2,1-2H3,(H,19,20). The number of anilines is 2. The largest absolute Gasteiger partial charge is 0.370 e. The number of rotatable bonds is 8. The van der Waals surface area contributed by atoms with Crippen molar-refractivity contribution < 1.29 is 12.8 Å². The van der Waals surface area contributed by atoms with Crippen molar-refractivity contribution in [1.82, 2.24) is 4.98 Å². The molecule has 0 fully saturated rings. The van der Waals surface area contributed by atoms with E-state index < -0.39 is 15.8 Å². The summed E-state index contributed by atoms with van der Waals surface area (Å²) in [7, 11) is -3.78. The molecule has 2 rings (SSSR count). The lowest BCUT2D eigenvalue weighted by molar-refractivity contribution is 0.599. The van der Waals surface area contributed by atoms with Gasteiger partial charge in [0, 0.05) is 13.1 Å². The molecule has 0 aliphatic heterocycles. The number of hydrogen-bond acceptors (Lipinski definition) is 4. The quantitative estimate of drug-likeness (QED) is 0.788. The zero-order valence-electron chi connectivity index (χ0n) is 13.9. The Bertz CT molecular complexity index is 740. The Kier molecular flexibility index (Phi) is 6.14. The number of benzene rings is 1. The molecule has 0 atom stereocenters. The lowest BCUT2D eigenvalue weighted by atomic mass is 10.3. The normalized spacial score (nSPS) is 11.3. The summed E-state index contributed by atoms with van der Waals surface area (Å²) in [5.41, 5.74) is 0.962. The van der Waals surface area contributed by atoms with Gasteiger partial charge in [-0.05, 0) is 49.2 Å². The van der Waals surface area contributed by atoms with Crippen LogP contribution >= 0.6 is 0 Å². The number of nitrogens with one attached hydrogen (secondary N) is 1. The highest BCUT2D eigenvalue weighted by Crippen LogP contribution is 2.19. The SMILES string of the molecule is CCCN(CCC)c1ccc(NS(=O)(=O)c2ccc(F)cc2)nc1. The molecule has 0 unspecified atom stereocenters. The molecule has 0 saturated carbocycles. The Labute approximate surface area is 142 Å². The van der Waals surface area contributed by atoms with Crippen LogP contribution in [-0.4, -0.2) is 26.5 Å². The summed E-state index contributed by atoms with van der Waals surface area (Å²) in [6.45, 7) is 6.08. The number of hydrogen-bond donors (Lipinski definition) is 1. The molecule has 1 aromatic carbocycles. The van der Waals surface area contributed by atoms with Gasteiger partial charge >= 0.3 is 0 Å². The molecule has 1 N–H and O–H groups in total. The van der Waals surface area contributed by atoms with E-state index in [0.717, 1.165) is 43.8 Å². The maximum atomic E-state index is 12.9. The minimum Gasteiger partial charge on any atom is -0.370 e. The fourth-order valence-electron chi connectivity index (χ4n) is 2.35. The van der Waals surface area contributed by atoms with Crippen molar-refractivity contribution >= 4 is 21.5 Å². The van der Waals surface area contributed by atoms with Crippen LogP contribution in [0.15, 0.2) is 47.5 Å². The third kappa shape index (κ3) is 4.67. The van der Waals surface area contributed by atoms with Crippen LogP contribution in [0.5, 0.6) is 0 Å². The Morgan fingerprint density at radius 3 is 2.17 bits per heavy atom. The van der Waals surface area contributed by atoms with Crippen LogP contribution in [0, 0.1) is 5.82 Å². The lowest BCUT2D eigenvalue weighted by Gasteiger charge is -2.23. The van der Waals surface area contributed by atoms with E-state index in [1.54, 1.807) is 12.3 Å². The van der Waals surface area contributed by atoms with Crippen molar-refractivity contribution in [2.24, 2.45) is 0 Å². The molecule has 130 valence electrons. The smallest absolute Gasteiger partial charge is 0.263 e. The molecule has 7 heteroatoms. The van der Waals surface area contributed by atoms with Gasteiger partial charge < -0.3 is 4.90 Å². The van der Waals surface area contributed by atoms with Crippen LogP contribution in [-0.2, 0) is 10.0 Å². The van der Waals surface area contributed by atoms with Gasteiger partial charge in [0.25, 0.3) is 10.0 Å². The molecule has 2 aromatic rings. The van der Waals surface area contributed by atoms with Crippen LogP contribution in [0.2, 0.25) is 0 Å². The fraction of sp³-hybridized carbons (Fsp3) is 0.353. The maximum absolute atomic E-state index is 12.9. The van der Waals surface area contributed by atoms with Gasteiger partial charge in [-0.2, -0.15) is 0 Å². The zero-order chi connectivity index (χ0) is 17.6. The van der Waals surface area contributed by atoms with Gasteiger partial charge in [-0.25, -0.2) is 17.8 Å². The molecule has 0 amide bonds. The minimum absolute atomic E-state index is 0.00614. The van der Waals surface area contributed by atoms with Crippen LogP contribution in [0.25, 0.3) is 0 Å². The lowest BCUT2D eigenvalue weighted by Crippen LogP contribution is -2.25. The van der Waals surface area contributed by atoms with E-state index in [1.165, 1.54) is 12.1 Å². The van der Waals surface area contributed by atoms with Crippen LogP contribution < -0.4 is 9.62 Å². The first kappa shape index (κ1) is 18.2. The molecule has 0 saturated heterocycles. The van der Waals surface area contributed by atoms with E-state index >= 15 is 0 Å². The summed E-state index contributed by atoms with van der Waals surface area (Å²) in [4.78, 5) is 6.39. The van der Waals surface area contributed by atoms with Crippen molar-refractivity contribution in [3.8, 4) is 0 Å². The summed E-state index contributed by atoms with van der Waals surface area (Å²) < 4.78 is 39.8. The molecule has 24 heavy (non-hydrogen) atoms. The van der Waals surface area contributed by atoms with Gasteiger partial charge in [-0.1, -0.05) is 13.8 Å². The highest BCUT2D eigenvalue weighted by atomic mass is 32.2. The van der Waals surface area contributed by atoms with Crippen molar-refractivity contribution in [2.45, 2.75) is 31.6 Å². The van der Waals surface area contributed by atoms with Gasteiger partial charge in [0.1, 0.15) is 11.6 Å². The van der Waals surface area contributed by atoms with Crippen LogP contribution in [0.1, 0.15) is 26.7 Å². The van der Waals surface area contributed by atoms with Gasteiger partial charge in [-0.15, -0.1) is 0 Å². The first-order chi connectivity index (χ1) is 11.5. The average molecular weight is 351 g/mol. The topological polar surface area (TPSA) is 62.3 Å². The van der Waals surface area contributed by atoms with E-state index in [0.29, 0.717) is 0 Å². The number of nitrogens with zero attached hydrogens (tertiary/aromatic N) is 2. The predicted molar refractivity (Wildman–Crippen MR) is 94.2 cm³/mol. The summed E-state index contributed by atoms with van der Waals surface area (Å²) in [6, 6.07) is 8.14. The second-order valence-corrected chi connectivity index (χ2v) is 7.13. The van der Waals surface area contributed by atoms with Crippen molar-refractivity contribution in [3.63, 3.8) is 0 Å². The minimum atomic E-state index is -3.78. The van der Waals surface area contributed by atoms with E-state index in [-0.39, 0.29) is 10.7 Å². The molecule has 1 heterocycles. The number of halogens is 1. The van der Waals surface area contributed by atoms with Crippen LogP contribution in [0.4, 0.5) is 15.9 Å². The number of aromatic nitrogens is 1. The first-order valence-corrected chi connectivity index (χ1v) is 9.44. The molecule has 0 bridgehead atoms. The summed E-state index contributed by atoms with van der Waals surface area (Å²) in [5.74, 6) is -0.251. The summed E-state index contributed by atoms with van der Waals surface area (Å²) >= 11 is 0. The second kappa shape index (κ2) is 8.10. The van der Waals surface area contributed by atoms with E-state index in [2.05, 4.69) is 28.5 Å². The average Bonchev–Trinajstić information content (AvgIpc) is 2.55. The van der Waals surface area contributed by atoms with E-state index in [4.69, 9.17) is 0 Å². The molecule has 0 aliphatic carbocycles. The zero-order valence-corrected chi connectivity index (χ0v) is 14.7. The fourth-order valence-corrected chi connectivity index (χ4v) is 3.36. The van der Waals surface area contributed by atoms with Gasteiger partial charge in [0.15, 0.2) is 0 Å². The third-order valence-corrected chi connectivity index (χ3v) is 4.83. The summed E-state index contributed by atoms with van der Waals surface area (Å²) in [6.07, 6.45) is 3.71. The highest BCUT2D eigenvalue weighted by molar-refractivity contribution is 7.92. The molecular formula is C17H22FN3O2S. The van der Waals surface area contributed by atoms with Gasteiger partial charge in [0.05, 0.1) is 16.8 Å². The van der Waals surface area contributed by atoms with Crippen molar-refractivity contribution in [3.05, 3.63) is 48.4 Å². The molecule has 5 nitrogen and oxygen atoms in total. The van der Waals surface area contributed by atoms with Crippen LogP contribution in [0.3, 0.4) is 0 Å². The van der Waals surface area contributed by atoms with E-state index in [1.807, 2.05) is 6.07 Å². The molecule has 0 spiro atoms. The Morgan fingerprint density at radius 1 is 1.04 bits per heavy atom. The van der Waals surface area contributed by atoms with Gasteiger partial charge in [-0.3, -0.25) is 4.72 Å². The first-order valence-electron chi connectivity index (χ1n) is 7.95.